The maximum atomic E-state index is 12.9. The van der Waals surface area contributed by atoms with Crippen LogP contribution in [0.4, 0.5) is 25.1 Å². The number of halogens is 3. The first kappa shape index (κ1) is 26.3. The van der Waals surface area contributed by atoms with Crippen molar-refractivity contribution in [1.82, 2.24) is 25.4 Å². The Morgan fingerprint density at radius 2 is 1.46 bits per heavy atom. The summed E-state index contributed by atoms with van der Waals surface area (Å²) in [5.41, 5.74) is 1.06. The minimum Gasteiger partial charge on any atom is -0.337 e. The predicted octanol–water partition coefficient (Wildman–Crippen LogP) is 3.03. The van der Waals surface area contributed by atoms with Crippen LogP contribution in [0.15, 0.2) is 24.7 Å². The molecule has 0 unspecified atom stereocenters. The fraction of sp³-hybridized carbons (Fsp3) is 0.545. The number of carbonyl (C=O) groups excluding carboxylic acids is 2. The van der Waals surface area contributed by atoms with Crippen molar-refractivity contribution in [3.63, 3.8) is 0 Å². The molecular formula is C22H28F3N7O3. The van der Waals surface area contributed by atoms with E-state index in [4.69, 9.17) is 5.21 Å². The van der Waals surface area contributed by atoms with Crippen molar-refractivity contribution >= 4 is 23.6 Å². The van der Waals surface area contributed by atoms with E-state index in [0.717, 1.165) is 37.9 Å². The van der Waals surface area contributed by atoms with Gasteiger partial charge in [0.1, 0.15) is 5.69 Å². The lowest BCUT2D eigenvalue weighted by Gasteiger charge is -2.34. The highest BCUT2D eigenvalue weighted by Gasteiger charge is 2.33. The van der Waals surface area contributed by atoms with Gasteiger partial charge in [0.25, 0.3) is 0 Å². The largest absolute Gasteiger partial charge is 0.433 e. The lowest BCUT2D eigenvalue weighted by Crippen LogP contribution is -2.47. The Balaban J connectivity index is 1.41. The summed E-state index contributed by atoms with van der Waals surface area (Å²) in [4.78, 5) is 43.1. The third-order valence-corrected chi connectivity index (χ3v) is 5.67. The van der Waals surface area contributed by atoms with Crippen molar-refractivity contribution in [3.8, 4) is 0 Å². The van der Waals surface area contributed by atoms with Crippen LogP contribution >= 0.6 is 0 Å². The summed E-state index contributed by atoms with van der Waals surface area (Å²) in [5, 5.41) is 8.43. The number of carbonyl (C=O) groups is 2. The molecule has 0 atom stereocenters. The first-order chi connectivity index (χ1) is 16.8. The van der Waals surface area contributed by atoms with Crippen molar-refractivity contribution in [2.24, 2.45) is 0 Å². The number of hydrogen-bond donors (Lipinski definition) is 2. The number of amides is 1. The number of rotatable bonds is 11. The second-order valence-corrected chi connectivity index (χ2v) is 8.21. The second-order valence-electron chi connectivity index (χ2n) is 8.21. The van der Waals surface area contributed by atoms with Crippen LogP contribution in [-0.2, 0) is 11.0 Å². The summed E-state index contributed by atoms with van der Waals surface area (Å²) < 4.78 is 38.7. The molecule has 2 N–H and O–H groups in total. The lowest BCUT2D eigenvalue weighted by molar-refractivity contribution is -0.141. The Morgan fingerprint density at radius 1 is 0.886 bits per heavy atom. The minimum atomic E-state index is -4.52. The SMILES string of the molecule is O=C(CCCCCCCC(=O)c1cnc(N2CCN(c3nccc(C(F)(F)F)n3)CC2)nc1)NO. The topological polar surface area (TPSA) is 124 Å². The fourth-order valence-corrected chi connectivity index (χ4v) is 3.70. The van der Waals surface area contributed by atoms with E-state index in [-0.39, 0.29) is 18.2 Å². The minimum absolute atomic E-state index is 0.0389. The molecule has 1 aliphatic heterocycles. The summed E-state index contributed by atoms with van der Waals surface area (Å²) in [5.74, 6) is 0.0630. The number of anilines is 2. The second kappa shape index (κ2) is 12.4. The van der Waals surface area contributed by atoms with Crippen LogP contribution in [0.3, 0.4) is 0 Å². The van der Waals surface area contributed by atoms with Gasteiger partial charge < -0.3 is 9.80 Å². The summed E-state index contributed by atoms with van der Waals surface area (Å²) in [6.45, 7) is 1.78. The van der Waals surface area contributed by atoms with Gasteiger partial charge in [-0.3, -0.25) is 14.8 Å². The molecule has 0 radical (unpaired) electrons. The number of alkyl halides is 3. The molecule has 3 rings (SSSR count). The van der Waals surface area contributed by atoms with E-state index in [1.54, 1.807) is 10.4 Å². The number of nitrogens with zero attached hydrogens (tertiary/aromatic N) is 6. The first-order valence-electron chi connectivity index (χ1n) is 11.5. The van der Waals surface area contributed by atoms with Crippen LogP contribution < -0.4 is 15.3 Å². The molecule has 1 fully saturated rings. The molecule has 35 heavy (non-hydrogen) atoms. The number of unbranched alkanes of at least 4 members (excludes halogenated alkanes) is 4. The molecule has 0 bridgehead atoms. The molecule has 10 nitrogen and oxygen atoms in total. The van der Waals surface area contributed by atoms with E-state index in [9.17, 15) is 22.8 Å². The number of piperazine rings is 1. The molecule has 1 saturated heterocycles. The van der Waals surface area contributed by atoms with Gasteiger partial charge in [0.15, 0.2) is 5.78 Å². The molecule has 0 saturated carbocycles. The molecule has 1 aliphatic rings. The highest BCUT2D eigenvalue weighted by atomic mass is 19.4. The number of nitrogens with one attached hydrogen (secondary N) is 1. The Morgan fingerprint density at radius 3 is 2.06 bits per heavy atom. The molecule has 0 aliphatic carbocycles. The number of hydroxylamine groups is 1. The Hall–Kier alpha value is -3.35. The zero-order valence-corrected chi connectivity index (χ0v) is 19.2. The summed E-state index contributed by atoms with van der Waals surface area (Å²) >= 11 is 0. The van der Waals surface area contributed by atoms with Crippen molar-refractivity contribution in [1.29, 1.82) is 0 Å². The first-order valence-corrected chi connectivity index (χ1v) is 11.5. The third kappa shape index (κ3) is 7.84. The molecule has 13 heteroatoms. The van der Waals surface area contributed by atoms with E-state index >= 15 is 0 Å². The van der Waals surface area contributed by atoms with Crippen molar-refractivity contribution in [2.75, 3.05) is 36.0 Å². The Kier molecular flexibility index (Phi) is 9.29. The van der Waals surface area contributed by atoms with Gasteiger partial charge in [-0.05, 0) is 18.9 Å². The smallest absolute Gasteiger partial charge is 0.337 e. The van der Waals surface area contributed by atoms with Crippen molar-refractivity contribution in [2.45, 2.75) is 51.1 Å². The summed E-state index contributed by atoms with van der Waals surface area (Å²) in [6.07, 6.45) is 4.30. The van der Waals surface area contributed by atoms with Crippen LogP contribution in [0.2, 0.25) is 0 Å². The molecule has 0 aromatic carbocycles. The van der Waals surface area contributed by atoms with E-state index in [2.05, 4.69) is 19.9 Å². The molecule has 1 amide bonds. The Labute approximate surface area is 200 Å². The van der Waals surface area contributed by atoms with Crippen LogP contribution in [-0.4, -0.2) is 63.0 Å². The number of hydrogen-bond acceptors (Lipinski definition) is 9. The van der Waals surface area contributed by atoms with Gasteiger partial charge >= 0.3 is 6.18 Å². The predicted molar refractivity (Wildman–Crippen MR) is 120 cm³/mol. The number of aromatic nitrogens is 4. The van der Waals surface area contributed by atoms with Gasteiger partial charge in [-0.25, -0.2) is 25.4 Å². The number of Topliss-reactive ketones (excluding diaryl/α,β-unsaturated/α-hetero) is 1. The van der Waals surface area contributed by atoms with E-state index in [0.29, 0.717) is 50.5 Å². The molecular weight excluding hydrogens is 467 g/mol. The highest BCUT2D eigenvalue weighted by Crippen LogP contribution is 2.28. The number of ketones is 1. The average Bonchev–Trinajstić information content (AvgIpc) is 2.87. The Bertz CT molecular complexity index is 981. The zero-order valence-electron chi connectivity index (χ0n) is 19.2. The van der Waals surface area contributed by atoms with Gasteiger partial charge in [0, 0.05) is 57.6 Å². The molecule has 3 heterocycles. The van der Waals surface area contributed by atoms with Crippen LogP contribution in [0.1, 0.15) is 61.0 Å². The van der Waals surface area contributed by atoms with Crippen LogP contribution in [0.25, 0.3) is 0 Å². The van der Waals surface area contributed by atoms with Crippen LogP contribution in [0, 0.1) is 0 Å². The van der Waals surface area contributed by atoms with Gasteiger partial charge in [-0.15, -0.1) is 0 Å². The van der Waals surface area contributed by atoms with Gasteiger partial charge in [0.05, 0.1) is 5.56 Å². The van der Waals surface area contributed by atoms with Crippen molar-refractivity contribution < 1.29 is 28.0 Å². The maximum absolute atomic E-state index is 12.9. The standard InChI is InChI=1S/C22H28F3N7O3/c23-22(24,25)18-8-9-26-21(29-18)32-12-10-31(11-13-32)20-27-14-16(15-28-20)17(33)6-4-2-1-3-5-7-19(34)30-35/h8-9,14-15,35H,1-7,10-13H2,(H,30,34). The normalized spacial score (nSPS) is 14.2. The average molecular weight is 496 g/mol. The zero-order chi connectivity index (χ0) is 25.3. The van der Waals surface area contributed by atoms with Gasteiger partial charge in [-0.1, -0.05) is 19.3 Å². The fourth-order valence-electron chi connectivity index (χ4n) is 3.70. The quantitative estimate of drug-likeness (QED) is 0.209. The van der Waals surface area contributed by atoms with E-state index in [1.165, 1.54) is 12.4 Å². The van der Waals surface area contributed by atoms with E-state index < -0.39 is 17.8 Å². The third-order valence-electron chi connectivity index (χ3n) is 5.67. The summed E-state index contributed by atoms with van der Waals surface area (Å²) in [6, 6.07) is 0.846. The van der Waals surface area contributed by atoms with Crippen LogP contribution in [0.5, 0.6) is 0 Å². The maximum Gasteiger partial charge on any atom is 0.433 e. The van der Waals surface area contributed by atoms with Crippen molar-refractivity contribution in [3.05, 3.63) is 35.9 Å². The monoisotopic (exact) mass is 495 g/mol. The van der Waals surface area contributed by atoms with Gasteiger partial charge in [-0.2, -0.15) is 13.2 Å². The highest BCUT2D eigenvalue weighted by molar-refractivity contribution is 5.95. The molecule has 0 spiro atoms. The summed E-state index contributed by atoms with van der Waals surface area (Å²) in [7, 11) is 0. The molecule has 190 valence electrons. The molecule has 2 aromatic heterocycles. The molecule has 2 aromatic rings. The lowest BCUT2D eigenvalue weighted by atomic mass is 10.1. The van der Waals surface area contributed by atoms with E-state index in [1.807, 2.05) is 4.90 Å². The van der Waals surface area contributed by atoms with Gasteiger partial charge in [0.2, 0.25) is 17.8 Å².